The highest BCUT2D eigenvalue weighted by molar-refractivity contribution is 7.17. The van der Waals surface area contributed by atoms with Crippen molar-refractivity contribution in [3.8, 4) is 5.75 Å². The Kier molecular flexibility index (Phi) is 6.39. The zero-order valence-corrected chi connectivity index (χ0v) is 16.6. The van der Waals surface area contributed by atoms with E-state index < -0.39 is 0 Å². The number of anilines is 1. The Morgan fingerprint density at radius 3 is 2.61 bits per heavy atom. The monoisotopic (exact) mass is 394 g/mol. The van der Waals surface area contributed by atoms with Gasteiger partial charge < -0.3 is 10.5 Å². The number of ether oxygens (including phenoxy) is 1. The summed E-state index contributed by atoms with van der Waals surface area (Å²) in [6.45, 7) is 4.50. The van der Waals surface area contributed by atoms with Crippen LogP contribution in [0, 0.1) is 6.92 Å². The summed E-state index contributed by atoms with van der Waals surface area (Å²) < 4.78 is 5.78. The summed E-state index contributed by atoms with van der Waals surface area (Å²) in [5.74, 6) is 0.467. The molecule has 7 heteroatoms. The number of hydrogen-bond donors (Lipinski definition) is 2. The molecule has 6 nitrogen and oxygen atoms in total. The van der Waals surface area contributed by atoms with Crippen LogP contribution in [-0.2, 0) is 13.0 Å². The van der Waals surface area contributed by atoms with Crippen LogP contribution in [0.15, 0.2) is 53.6 Å². The van der Waals surface area contributed by atoms with E-state index in [1.807, 2.05) is 31.2 Å². The van der Waals surface area contributed by atoms with E-state index in [9.17, 15) is 4.79 Å². The maximum atomic E-state index is 12.2. The number of hydrazone groups is 1. The highest BCUT2D eigenvalue weighted by Crippen LogP contribution is 2.20. The van der Waals surface area contributed by atoms with Crippen LogP contribution in [0.4, 0.5) is 5.13 Å². The molecule has 144 valence electrons. The fourth-order valence-corrected chi connectivity index (χ4v) is 3.32. The molecule has 0 fully saturated rings. The number of nitrogens with one attached hydrogen (secondary N) is 1. The van der Waals surface area contributed by atoms with E-state index in [4.69, 9.17) is 10.5 Å². The lowest BCUT2D eigenvalue weighted by atomic mass is 10.2. The van der Waals surface area contributed by atoms with E-state index in [-0.39, 0.29) is 5.91 Å². The van der Waals surface area contributed by atoms with E-state index >= 15 is 0 Å². The van der Waals surface area contributed by atoms with Crippen molar-refractivity contribution in [3.63, 3.8) is 0 Å². The minimum absolute atomic E-state index is 0.305. The Bertz CT molecular complexity index is 963. The lowest BCUT2D eigenvalue weighted by Crippen LogP contribution is -2.17. The largest absolute Gasteiger partial charge is 0.489 e. The molecule has 0 radical (unpaired) electrons. The van der Waals surface area contributed by atoms with E-state index in [1.54, 1.807) is 6.21 Å². The molecule has 0 aliphatic carbocycles. The third-order valence-electron chi connectivity index (χ3n) is 4.04. The molecule has 28 heavy (non-hydrogen) atoms. The van der Waals surface area contributed by atoms with Gasteiger partial charge in [-0.2, -0.15) is 5.10 Å². The van der Waals surface area contributed by atoms with E-state index in [0.29, 0.717) is 28.7 Å². The van der Waals surface area contributed by atoms with Gasteiger partial charge in [-0.15, -0.1) is 0 Å². The van der Waals surface area contributed by atoms with Gasteiger partial charge in [0.05, 0.1) is 11.9 Å². The number of thiazole rings is 1. The van der Waals surface area contributed by atoms with Crippen LogP contribution >= 0.6 is 11.3 Å². The normalized spacial score (nSPS) is 10.9. The van der Waals surface area contributed by atoms with Crippen molar-refractivity contribution in [1.29, 1.82) is 0 Å². The van der Waals surface area contributed by atoms with Crippen molar-refractivity contribution in [3.05, 3.63) is 75.8 Å². The van der Waals surface area contributed by atoms with Crippen LogP contribution in [0.25, 0.3) is 0 Å². The summed E-state index contributed by atoms with van der Waals surface area (Å²) in [7, 11) is 0. The number of carbonyl (C=O) groups excluding carboxylic acids is 1. The Hall–Kier alpha value is -3.19. The fourth-order valence-electron chi connectivity index (χ4n) is 2.50. The number of hydrogen-bond acceptors (Lipinski definition) is 6. The summed E-state index contributed by atoms with van der Waals surface area (Å²) in [5.41, 5.74) is 12.1. The van der Waals surface area contributed by atoms with Gasteiger partial charge >= 0.3 is 0 Å². The van der Waals surface area contributed by atoms with Gasteiger partial charge in [-0.1, -0.05) is 48.1 Å². The van der Waals surface area contributed by atoms with Gasteiger partial charge in [0.25, 0.3) is 5.91 Å². The van der Waals surface area contributed by atoms with E-state index in [0.717, 1.165) is 28.2 Å². The Morgan fingerprint density at radius 1 is 1.21 bits per heavy atom. The molecule has 3 aromatic rings. The van der Waals surface area contributed by atoms with Crippen LogP contribution < -0.4 is 15.9 Å². The number of benzene rings is 2. The summed E-state index contributed by atoms with van der Waals surface area (Å²) in [6.07, 6.45) is 2.22. The number of aromatic nitrogens is 1. The molecule has 0 atom stereocenters. The van der Waals surface area contributed by atoms with Crippen molar-refractivity contribution in [2.24, 2.45) is 5.10 Å². The molecule has 0 spiro atoms. The Morgan fingerprint density at radius 2 is 1.93 bits per heavy atom. The Balaban J connectivity index is 1.53. The molecule has 1 aromatic heterocycles. The van der Waals surface area contributed by atoms with Gasteiger partial charge in [0.1, 0.15) is 17.2 Å². The fraction of sp³-hybridized carbons (Fsp3) is 0.190. The number of nitrogens with zero attached hydrogens (tertiary/aromatic N) is 2. The second kappa shape index (κ2) is 9.14. The molecule has 0 aliphatic rings. The molecule has 0 saturated heterocycles. The molecule has 3 rings (SSSR count). The summed E-state index contributed by atoms with van der Waals surface area (Å²) >= 11 is 1.16. The molecule has 0 bridgehead atoms. The predicted octanol–water partition coefficient (Wildman–Crippen LogP) is 3.94. The minimum Gasteiger partial charge on any atom is -0.489 e. The van der Waals surface area contributed by atoms with Crippen LogP contribution in [0.1, 0.15) is 39.0 Å². The first-order chi connectivity index (χ1) is 13.5. The highest BCUT2D eigenvalue weighted by Gasteiger charge is 2.15. The molecule has 1 heterocycles. The number of aryl methyl sites for hydroxylation is 2. The quantitative estimate of drug-likeness (QED) is 0.469. The first-order valence-corrected chi connectivity index (χ1v) is 9.73. The zero-order valence-electron chi connectivity index (χ0n) is 15.8. The number of nitrogen functional groups attached to an aromatic ring is 1. The zero-order chi connectivity index (χ0) is 19.9. The van der Waals surface area contributed by atoms with Gasteiger partial charge in [-0.3, -0.25) is 4.79 Å². The van der Waals surface area contributed by atoms with Crippen LogP contribution in [0.3, 0.4) is 0 Å². The SMILES string of the molecule is CCc1nc(N)sc1C(=O)N/N=C/c1ccc(OCc2ccc(C)cc2)cc1. The van der Waals surface area contributed by atoms with Crippen molar-refractivity contribution < 1.29 is 9.53 Å². The maximum Gasteiger partial charge on any atom is 0.283 e. The van der Waals surface area contributed by atoms with Crippen molar-refractivity contribution >= 4 is 28.6 Å². The van der Waals surface area contributed by atoms with E-state index in [2.05, 4.69) is 46.7 Å². The third-order valence-corrected chi connectivity index (χ3v) is 4.97. The number of amides is 1. The van der Waals surface area contributed by atoms with Crippen LogP contribution in [0.5, 0.6) is 5.75 Å². The lowest BCUT2D eigenvalue weighted by Gasteiger charge is -2.06. The number of carbonyl (C=O) groups is 1. The molecular weight excluding hydrogens is 372 g/mol. The van der Waals surface area contributed by atoms with Crippen molar-refractivity contribution in [1.82, 2.24) is 10.4 Å². The second-order valence-electron chi connectivity index (χ2n) is 6.22. The molecule has 0 aliphatic heterocycles. The van der Waals surface area contributed by atoms with Gasteiger partial charge in [0.15, 0.2) is 5.13 Å². The van der Waals surface area contributed by atoms with Crippen molar-refractivity contribution in [2.75, 3.05) is 5.73 Å². The summed E-state index contributed by atoms with van der Waals surface area (Å²) in [4.78, 5) is 16.8. The smallest absolute Gasteiger partial charge is 0.283 e. The minimum atomic E-state index is -0.305. The van der Waals surface area contributed by atoms with Crippen LogP contribution in [0.2, 0.25) is 0 Å². The average molecular weight is 395 g/mol. The number of nitrogens with two attached hydrogens (primary N) is 1. The standard InChI is InChI=1S/C21H22N4O2S/c1-3-18-19(28-21(22)24-18)20(26)25-23-12-15-8-10-17(11-9-15)27-13-16-6-4-14(2)5-7-16/h4-12H,3,13H2,1-2H3,(H2,22,24)(H,25,26)/b23-12+. The predicted molar refractivity (Wildman–Crippen MR) is 113 cm³/mol. The summed E-state index contributed by atoms with van der Waals surface area (Å²) in [6, 6.07) is 15.7. The first kappa shape index (κ1) is 19.6. The molecule has 0 saturated carbocycles. The molecule has 2 aromatic carbocycles. The maximum absolute atomic E-state index is 12.2. The molecule has 0 unspecified atom stereocenters. The van der Waals surface area contributed by atoms with Crippen molar-refractivity contribution in [2.45, 2.75) is 26.9 Å². The molecule has 3 N–H and O–H groups in total. The topological polar surface area (TPSA) is 89.6 Å². The molecule has 1 amide bonds. The van der Waals surface area contributed by atoms with Gasteiger partial charge in [0.2, 0.25) is 0 Å². The van der Waals surface area contributed by atoms with Gasteiger partial charge in [0, 0.05) is 0 Å². The van der Waals surface area contributed by atoms with E-state index in [1.165, 1.54) is 5.56 Å². The molecular formula is C21H22N4O2S. The van der Waals surface area contributed by atoms with Gasteiger partial charge in [-0.05, 0) is 48.7 Å². The Labute approximate surface area is 168 Å². The first-order valence-electron chi connectivity index (χ1n) is 8.92. The lowest BCUT2D eigenvalue weighted by molar-refractivity contribution is 0.0958. The average Bonchev–Trinajstić information content (AvgIpc) is 3.09. The second-order valence-corrected chi connectivity index (χ2v) is 7.25. The highest BCUT2D eigenvalue weighted by atomic mass is 32.1. The summed E-state index contributed by atoms with van der Waals surface area (Å²) in [5, 5.41) is 4.39. The van der Waals surface area contributed by atoms with Gasteiger partial charge in [-0.25, -0.2) is 10.4 Å². The third kappa shape index (κ3) is 5.17. The van der Waals surface area contributed by atoms with Crippen LogP contribution in [-0.4, -0.2) is 17.1 Å². The number of rotatable bonds is 7.